The Morgan fingerprint density at radius 2 is 1.76 bits per heavy atom. The fourth-order valence-electron chi connectivity index (χ4n) is 1.23. The van der Waals surface area contributed by atoms with Crippen molar-refractivity contribution in [3.63, 3.8) is 0 Å². The Bertz CT molecular complexity index is 587. The minimum Gasteiger partial charge on any atom is -0.506 e. The van der Waals surface area contributed by atoms with E-state index in [0.717, 1.165) is 0 Å². The van der Waals surface area contributed by atoms with E-state index in [0.29, 0.717) is 10.8 Å². The van der Waals surface area contributed by atoms with Crippen LogP contribution in [0.3, 0.4) is 0 Å². The van der Waals surface area contributed by atoms with E-state index in [1.807, 2.05) is 6.07 Å². The molecule has 1 unspecified atom stereocenters. The fourth-order valence-corrected chi connectivity index (χ4v) is 1.64. The molecule has 0 fully saturated rings. The van der Waals surface area contributed by atoms with Crippen LogP contribution in [-0.2, 0) is 4.79 Å². The number of benzene rings is 2. The summed E-state index contributed by atoms with van der Waals surface area (Å²) in [5.41, 5.74) is 0. The second kappa shape index (κ2) is 8.39. The van der Waals surface area contributed by atoms with Crippen LogP contribution in [0.2, 0.25) is 10.0 Å². The quantitative estimate of drug-likeness (QED) is 0.884. The van der Waals surface area contributed by atoms with Gasteiger partial charge in [-0.1, -0.05) is 41.4 Å². The molecule has 1 atom stereocenters. The van der Waals surface area contributed by atoms with Crippen molar-refractivity contribution in [2.75, 3.05) is 0 Å². The highest BCUT2D eigenvalue weighted by Gasteiger charge is 2.11. The lowest BCUT2D eigenvalue weighted by molar-refractivity contribution is -0.144. The van der Waals surface area contributed by atoms with Crippen molar-refractivity contribution < 1.29 is 19.7 Å². The van der Waals surface area contributed by atoms with Crippen LogP contribution in [0.25, 0.3) is 0 Å². The fraction of sp³-hybridized carbons (Fsp3) is 0.133. The zero-order valence-electron chi connectivity index (χ0n) is 11.2. The van der Waals surface area contributed by atoms with E-state index >= 15 is 0 Å². The first-order valence-electron chi connectivity index (χ1n) is 5.98. The van der Waals surface area contributed by atoms with Crippen LogP contribution in [0.4, 0.5) is 0 Å². The van der Waals surface area contributed by atoms with Gasteiger partial charge >= 0.3 is 5.97 Å². The van der Waals surface area contributed by atoms with Gasteiger partial charge in [0.2, 0.25) is 0 Å². The highest BCUT2D eigenvalue weighted by Crippen LogP contribution is 2.25. The van der Waals surface area contributed by atoms with Gasteiger partial charge < -0.3 is 14.9 Å². The van der Waals surface area contributed by atoms with Gasteiger partial charge in [-0.05, 0) is 37.3 Å². The molecule has 0 saturated carbocycles. The number of hydrogen-bond acceptors (Lipinski definition) is 3. The van der Waals surface area contributed by atoms with Gasteiger partial charge in [0.25, 0.3) is 0 Å². The molecule has 2 aromatic rings. The molecule has 6 heteroatoms. The van der Waals surface area contributed by atoms with Crippen LogP contribution in [-0.4, -0.2) is 22.3 Å². The van der Waals surface area contributed by atoms with Crippen LogP contribution in [0.5, 0.6) is 11.5 Å². The van der Waals surface area contributed by atoms with Crippen molar-refractivity contribution in [3.8, 4) is 11.5 Å². The van der Waals surface area contributed by atoms with Gasteiger partial charge in [-0.2, -0.15) is 0 Å². The third kappa shape index (κ3) is 6.38. The Morgan fingerprint density at radius 1 is 1.14 bits per heavy atom. The molecule has 2 N–H and O–H groups in total. The molecule has 21 heavy (non-hydrogen) atoms. The first-order valence-corrected chi connectivity index (χ1v) is 6.74. The predicted octanol–water partition coefficient (Wildman–Crippen LogP) is 4.24. The summed E-state index contributed by atoms with van der Waals surface area (Å²) >= 11 is 11.0. The maximum absolute atomic E-state index is 10.4. The molecule has 0 amide bonds. The Hall–Kier alpha value is -1.91. The van der Waals surface area contributed by atoms with Crippen LogP contribution < -0.4 is 4.74 Å². The summed E-state index contributed by atoms with van der Waals surface area (Å²) in [7, 11) is 0. The standard InChI is InChI=1S/C9H10O3.C6H4Cl2O/c1-7(9(10)11)12-8-5-3-2-4-6-8;7-4-1-2-6(9)5(8)3-4/h2-7H,1H3,(H,10,11);1-3,9H. The monoisotopic (exact) mass is 328 g/mol. The number of ether oxygens (including phenoxy) is 1. The summed E-state index contributed by atoms with van der Waals surface area (Å²) in [6.45, 7) is 1.50. The van der Waals surface area contributed by atoms with Crippen molar-refractivity contribution in [1.29, 1.82) is 0 Å². The molecule has 0 saturated heterocycles. The average molecular weight is 329 g/mol. The predicted molar refractivity (Wildman–Crippen MR) is 82.3 cm³/mol. The number of carboxylic acids is 1. The summed E-state index contributed by atoms with van der Waals surface area (Å²) in [6.07, 6.45) is -0.799. The van der Waals surface area contributed by atoms with Crippen molar-refractivity contribution in [2.45, 2.75) is 13.0 Å². The van der Waals surface area contributed by atoms with Gasteiger partial charge in [0.1, 0.15) is 11.5 Å². The Balaban J connectivity index is 0.000000219. The molecule has 0 radical (unpaired) electrons. The van der Waals surface area contributed by atoms with Crippen molar-refractivity contribution >= 4 is 29.2 Å². The van der Waals surface area contributed by atoms with Crippen LogP contribution >= 0.6 is 23.2 Å². The zero-order chi connectivity index (χ0) is 15.8. The van der Waals surface area contributed by atoms with Gasteiger partial charge in [-0.15, -0.1) is 0 Å². The number of carbonyl (C=O) groups is 1. The minimum atomic E-state index is -0.959. The molecule has 0 spiro atoms. The van der Waals surface area contributed by atoms with E-state index < -0.39 is 12.1 Å². The van der Waals surface area contributed by atoms with Gasteiger partial charge in [-0.3, -0.25) is 0 Å². The molecule has 0 aromatic heterocycles. The lowest BCUT2D eigenvalue weighted by Crippen LogP contribution is -2.22. The van der Waals surface area contributed by atoms with Crippen LogP contribution in [0, 0.1) is 0 Å². The molecule has 0 aliphatic rings. The van der Waals surface area contributed by atoms with Gasteiger partial charge in [-0.25, -0.2) is 4.79 Å². The Morgan fingerprint density at radius 3 is 2.24 bits per heavy atom. The van der Waals surface area contributed by atoms with Gasteiger partial charge in [0, 0.05) is 5.02 Å². The number of rotatable bonds is 3. The summed E-state index contributed by atoms with van der Waals surface area (Å²) in [6, 6.07) is 13.4. The highest BCUT2D eigenvalue weighted by atomic mass is 35.5. The third-order valence-corrected chi connectivity index (χ3v) is 2.85. The first kappa shape index (κ1) is 17.1. The molecule has 4 nitrogen and oxygen atoms in total. The SMILES string of the molecule is CC(Oc1ccccc1)C(=O)O.Oc1ccc(Cl)cc1Cl. The number of phenolic OH excluding ortho intramolecular Hbond substituents is 1. The number of phenols is 1. The molecule has 0 bridgehead atoms. The number of aromatic hydroxyl groups is 1. The molecule has 2 aromatic carbocycles. The van der Waals surface area contributed by atoms with E-state index in [-0.39, 0.29) is 10.8 Å². The Labute approximate surface area is 132 Å². The van der Waals surface area contributed by atoms with Gasteiger partial charge in [0.15, 0.2) is 6.10 Å². The molecular formula is C15H14Cl2O4. The van der Waals surface area contributed by atoms with E-state index in [9.17, 15) is 4.79 Å². The van der Waals surface area contributed by atoms with E-state index in [1.165, 1.54) is 19.1 Å². The van der Waals surface area contributed by atoms with Gasteiger partial charge in [0.05, 0.1) is 5.02 Å². The summed E-state index contributed by atoms with van der Waals surface area (Å²) < 4.78 is 5.08. The number of aliphatic carboxylic acids is 1. The number of hydrogen-bond donors (Lipinski definition) is 2. The van der Waals surface area contributed by atoms with Crippen LogP contribution in [0.15, 0.2) is 48.5 Å². The van der Waals surface area contributed by atoms with Crippen molar-refractivity contribution in [3.05, 3.63) is 58.6 Å². The zero-order valence-corrected chi connectivity index (χ0v) is 12.7. The molecule has 0 heterocycles. The summed E-state index contributed by atoms with van der Waals surface area (Å²) in [5.74, 6) is -0.327. The van der Waals surface area contributed by atoms with Crippen molar-refractivity contribution in [2.24, 2.45) is 0 Å². The maximum atomic E-state index is 10.4. The molecule has 0 aliphatic heterocycles. The largest absolute Gasteiger partial charge is 0.506 e. The summed E-state index contributed by atoms with van der Waals surface area (Å²) in [4.78, 5) is 10.4. The van der Waals surface area contributed by atoms with E-state index in [4.69, 9.17) is 38.2 Å². The molecular weight excluding hydrogens is 315 g/mol. The molecule has 112 valence electrons. The number of halogens is 2. The Kier molecular flexibility index (Phi) is 6.85. The second-order valence-corrected chi connectivity index (χ2v) is 4.85. The van der Waals surface area contributed by atoms with Crippen molar-refractivity contribution in [1.82, 2.24) is 0 Å². The minimum absolute atomic E-state index is 0.0565. The second-order valence-electron chi connectivity index (χ2n) is 4.01. The van der Waals surface area contributed by atoms with E-state index in [2.05, 4.69) is 0 Å². The van der Waals surface area contributed by atoms with Crippen LogP contribution in [0.1, 0.15) is 6.92 Å². The molecule has 0 aliphatic carbocycles. The normalized spacial score (nSPS) is 11.0. The number of carboxylic acid groups (broad SMARTS) is 1. The number of para-hydroxylation sites is 1. The smallest absolute Gasteiger partial charge is 0.344 e. The summed E-state index contributed by atoms with van der Waals surface area (Å²) in [5, 5.41) is 18.2. The lowest BCUT2D eigenvalue weighted by Gasteiger charge is -2.09. The maximum Gasteiger partial charge on any atom is 0.344 e. The topological polar surface area (TPSA) is 66.8 Å². The first-order chi connectivity index (χ1) is 9.90. The lowest BCUT2D eigenvalue weighted by atomic mass is 10.3. The molecule has 2 rings (SSSR count). The van der Waals surface area contributed by atoms with E-state index in [1.54, 1.807) is 30.3 Å². The third-order valence-electron chi connectivity index (χ3n) is 2.31. The average Bonchev–Trinajstić information content (AvgIpc) is 2.45. The highest BCUT2D eigenvalue weighted by molar-refractivity contribution is 6.35.